The van der Waals surface area contributed by atoms with E-state index in [1.807, 2.05) is 48.5 Å². The van der Waals surface area contributed by atoms with Crippen LogP contribution in [0.5, 0.6) is 11.5 Å². The fraction of sp³-hybridized carbons (Fsp3) is 0.300. The zero-order valence-electron chi connectivity index (χ0n) is 22.0. The van der Waals surface area contributed by atoms with Crippen molar-refractivity contribution >= 4 is 28.9 Å². The number of nitrogens with zero attached hydrogens (tertiary/aromatic N) is 3. The predicted octanol–water partition coefficient (Wildman–Crippen LogP) is 4.61. The van der Waals surface area contributed by atoms with Gasteiger partial charge in [-0.25, -0.2) is 9.97 Å². The smallest absolute Gasteiger partial charge is 0.261 e. The van der Waals surface area contributed by atoms with Gasteiger partial charge in [-0.1, -0.05) is 18.2 Å². The van der Waals surface area contributed by atoms with Gasteiger partial charge in [-0.2, -0.15) is 0 Å². The summed E-state index contributed by atoms with van der Waals surface area (Å²) in [5, 5.41) is 16.0. The van der Waals surface area contributed by atoms with Gasteiger partial charge in [0, 0.05) is 38.1 Å². The monoisotopic (exact) mass is 557 g/mol. The predicted molar refractivity (Wildman–Crippen MR) is 154 cm³/mol. The molecule has 3 N–H and O–H groups in total. The average Bonchev–Trinajstić information content (AvgIpc) is 3.66. The molecule has 1 saturated heterocycles. The van der Waals surface area contributed by atoms with E-state index >= 15 is 0 Å². The summed E-state index contributed by atoms with van der Waals surface area (Å²) in [6, 6.07) is 19.5. The molecule has 0 aliphatic carbocycles. The van der Waals surface area contributed by atoms with Crippen LogP contribution in [0, 0.1) is 0 Å². The Kier molecular flexibility index (Phi) is 7.90. The minimum Gasteiger partial charge on any atom is -0.454 e. The Hall–Kier alpha value is -3.99. The molecule has 2 aliphatic rings. The number of fused-ring (bicyclic) bond motifs is 1. The molecule has 0 spiro atoms. The van der Waals surface area contributed by atoms with Gasteiger partial charge in [-0.3, -0.25) is 4.79 Å². The number of likely N-dealkylation sites (tertiary alicyclic amines) is 1. The maximum atomic E-state index is 12.8. The molecule has 0 radical (unpaired) electrons. The Balaban J connectivity index is 1.05. The molecule has 9 nitrogen and oxygen atoms in total. The van der Waals surface area contributed by atoms with Crippen molar-refractivity contribution in [3.63, 3.8) is 0 Å². The summed E-state index contributed by atoms with van der Waals surface area (Å²) in [4.78, 5) is 25.8. The van der Waals surface area contributed by atoms with Gasteiger partial charge in [-0.05, 0) is 72.9 Å². The summed E-state index contributed by atoms with van der Waals surface area (Å²) in [6.07, 6.45) is 4.23. The van der Waals surface area contributed by atoms with Crippen LogP contribution < -0.4 is 20.1 Å². The molecule has 0 saturated carbocycles. The highest BCUT2D eigenvalue weighted by atomic mass is 32.1. The molecule has 4 heterocycles. The highest BCUT2D eigenvalue weighted by molar-refractivity contribution is 7.17. The zero-order valence-corrected chi connectivity index (χ0v) is 22.8. The van der Waals surface area contributed by atoms with Crippen molar-refractivity contribution in [3.05, 3.63) is 82.9 Å². The number of carbonyl (C=O) groups excluding carboxylic acids is 1. The number of aliphatic hydroxyl groups is 1. The van der Waals surface area contributed by atoms with Crippen LogP contribution in [0.4, 0.5) is 11.6 Å². The van der Waals surface area contributed by atoms with Gasteiger partial charge < -0.3 is 30.1 Å². The van der Waals surface area contributed by atoms with Gasteiger partial charge in [0.1, 0.15) is 0 Å². The molecule has 2 aromatic heterocycles. The molecule has 40 heavy (non-hydrogen) atoms. The van der Waals surface area contributed by atoms with Crippen LogP contribution in [-0.2, 0) is 13.0 Å². The number of amides is 1. The fourth-order valence-electron chi connectivity index (χ4n) is 4.84. The van der Waals surface area contributed by atoms with Crippen molar-refractivity contribution in [1.29, 1.82) is 0 Å². The number of aliphatic hydroxyl groups excluding tert-OH is 1. The number of rotatable bonds is 9. The lowest BCUT2D eigenvalue weighted by atomic mass is 10.1. The summed E-state index contributed by atoms with van der Waals surface area (Å²) in [5.74, 6) is 1.78. The number of hydrogen-bond donors (Lipinski definition) is 3. The molecule has 206 valence electrons. The average molecular weight is 558 g/mol. The lowest BCUT2D eigenvalue weighted by molar-refractivity contribution is 0.0832. The van der Waals surface area contributed by atoms with Crippen LogP contribution in [-0.4, -0.2) is 58.4 Å². The van der Waals surface area contributed by atoms with Crippen LogP contribution in [0.2, 0.25) is 0 Å². The molecule has 0 atom stereocenters. The molecule has 6 rings (SSSR count). The highest BCUT2D eigenvalue weighted by Gasteiger charge is 2.17. The van der Waals surface area contributed by atoms with Crippen LogP contribution in [0.25, 0.3) is 10.6 Å². The molecule has 2 aliphatic heterocycles. The number of nitrogens with one attached hydrogen (secondary N) is 2. The fourth-order valence-corrected chi connectivity index (χ4v) is 5.73. The lowest BCUT2D eigenvalue weighted by Crippen LogP contribution is -2.37. The highest BCUT2D eigenvalue weighted by Crippen LogP contribution is 2.32. The third kappa shape index (κ3) is 6.41. The van der Waals surface area contributed by atoms with E-state index in [1.165, 1.54) is 16.9 Å². The van der Waals surface area contributed by atoms with E-state index in [1.54, 1.807) is 6.20 Å². The first-order valence-electron chi connectivity index (χ1n) is 13.5. The topological polar surface area (TPSA) is 109 Å². The van der Waals surface area contributed by atoms with Gasteiger partial charge in [-0.15, -0.1) is 11.3 Å². The van der Waals surface area contributed by atoms with Crippen molar-refractivity contribution in [2.75, 3.05) is 31.7 Å². The molecule has 2 aromatic carbocycles. The number of hydrogen-bond acceptors (Lipinski definition) is 9. The first-order valence-corrected chi connectivity index (χ1v) is 14.3. The van der Waals surface area contributed by atoms with E-state index in [9.17, 15) is 9.90 Å². The number of piperidine rings is 1. The second-order valence-electron chi connectivity index (χ2n) is 9.95. The number of anilines is 2. The van der Waals surface area contributed by atoms with E-state index in [2.05, 4.69) is 32.7 Å². The zero-order chi connectivity index (χ0) is 27.3. The van der Waals surface area contributed by atoms with Gasteiger partial charge in [0.05, 0.1) is 21.6 Å². The van der Waals surface area contributed by atoms with E-state index in [4.69, 9.17) is 14.5 Å². The van der Waals surface area contributed by atoms with Crippen molar-refractivity contribution < 1.29 is 19.4 Å². The van der Waals surface area contributed by atoms with Crippen molar-refractivity contribution in [2.24, 2.45) is 0 Å². The summed E-state index contributed by atoms with van der Waals surface area (Å²) < 4.78 is 10.8. The van der Waals surface area contributed by atoms with E-state index in [0.717, 1.165) is 66.5 Å². The first kappa shape index (κ1) is 26.2. The van der Waals surface area contributed by atoms with Crippen LogP contribution >= 0.6 is 11.3 Å². The quantitative estimate of drug-likeness (QED) is 0.274. The number of thiophene rings is 1. The normalized spacial score (nSPS) is 15.2. The maximum absolute atomic E-state index is 12.8. The van der Waals surface area contributed by atoms with E-state index < -0.39 is 0 Å². The van der Waals surface area contributed by atoms with Crippen molar-refractivity contribution in [3.8, 4) is 22.1 Å². The maximum Gasteiger partial charge on any atom is 0.261 e. The molecular weight excluding hydrogens is 526 g/mol. The molecule has 1 amide bonds. The summed E-state index contributed by atoms with van der Waals surface area (Å²) in [7, 11) is 0. The van der Waals surface area contributed by atoms with Gasteiger partial charge in [0.25, 0.3) is 5.91 Å². The third-order valence-electron chi connectivity index (χ3n) is 7.08. The SMILES string of the molecule is O=C(NCc1ccc2c(c1)OCO2)c1ccc(-c2ccnc(Nc3cccc(CCN4CCC(O)CC4)c3)n2)s1. The summed E-state index contributed by atoms with van der Waals surface area (Å²) in [6.45, 7) is 3.50. The lowest BCUT2D eigenvalue weighted by Gasteiger charge is -2.29. The van der Waals surface area contributed by atoms with Crippen LogP contribution in [0.1, 0.15) is 33.6 Å². The molecule has 4 aromatic rings. The van der Waals surface area contributed by atoms with Crippen molar-refractivity contribution in [1.82, 2.24) is 20.2 Å². The standard InChI is InChI=1S/C30H31N5O4S/c36-23-10-14-35(15-11-23)13-9-20-2-1-3-22(16-20)33-30-31-12-8-24(34-30)27-6-7-28(40-27)29(37)32-18-21-4-5-25-26(17-21)39-19-38-25/h1-8,12,16-17,23,36H,9-11,13-15,18-19H2,(H,32,37)(H,31,33,34). The van der Waals surface area contributed by atoms with Crippen molar-refractivity contribution in [2.45, 2.75) is 31.9 Å². The van der Waals surface area contributed by atoms with Crippen LogP contribution in [0.3, 0.4) is 0 Å². The molecule has 0 bridgehead atoms. The minimum absolute atomic E-state index is 0.140. The Morgan fingerprint density at radius 1 is 1.02 bits per heavy atom. The van der Waals surface area contributed by atoms with E-state index in [-0.39, 0.29) is 18.8 Å². The Labute approximate surface area is 236 Å². The number of carbonyl (C=O) groups is 1. The minimum atomic E-state index is -0.148. The second kappa shape index (κ2) is 12.0. The summed E-state index contributed by atoms with van der Waals surface area (Å²) in [5.41, 5.74) is 3.86. The van der Waals surface area contributed by atoms with Crippen LogP contribution in [0.15, 0.2) is 66.9 Å². The molecule has 0 unspecified atom stereocenters. The molecular formula is C30H31N5O4S. The summed E-state index contributed by atoms with van der Waals surface area (Å²) >= 11 is 1.39. The van der Waals surface area contributed by atoms with E-state index in [0.29, 0.717) is 23.1 Å². The Morgan fingerprint density at radius 2 is 1.90 bits per heavy atom. The number of benzene rings is 2. The second-order valence-corrected chi connectivity index (χ2v) is 11.0. The van der Waals surface area contributed by atoms with Gasteiger partial charge in [0.2, 0.25) is 12.7 Å². The Morgan fingerprint density at radius 3 is 2.80 bits per heavy atom. The Bertz CT molecular complexity index is 1480. The largest absolute Gasteiger partial charge is 0.454 e. The number of aromatic nitrogens is 2. The number of ether oxygens (including phenoxy) is 2. The first-order chi connectivity index (χ1) is 19.6. The van der Waals surface area contributed by atoms with Gasteiger partial charge >= 0.3 is 0 Å². The molecule has 1 fully saturated rings. The molecule has 10 heteroatoms. The third-order valence-corrected chi connectivity index (χ3v) is 8.19. The van der Waals surface area contributed by atoms with Gasteiger partial charge in [0.15, 0.2) is 11.5 Å².